The normalized spacial score (nSPS) is 23.1. The molecule has 0 aliphatic carbocycles. The molecule has 0 radical (unpaired) electrons. The molecule has 208 valence electrons. The Morgan fingerprint density at radius 2 is 1.87 bits per heavy atom. The van der Waals surface area contributed by atoms with Gasteiger partial charge >= 0.3 is 24.0 Å². The largest absolute Gasteiger partial charge is 0.463 e. The quantitative estimate of drug-likeness (QED) is 0.248. The SMILES string of the molecule is CC(=O)OCOC(=O)Nc1cc(=O)nc2c3c(n([C@@H]4O[C@H](COC(C)=O)C(OC(C)=O)[C@@]4(C)O)cc13)N=CN2. The number of anilines is 2. The minimum absolute atomic E-state index is 0.0360. The van der Waals surface area contributed by atoms with Gasteiger partial charge in [-0.05, 0) is 6.92 Å². The van der Waals surface area contributed by atoms with Crippen LogP contribution >= 0.6 is 0 Å². The molecule has 1 fully saturated rings. The second-order valence-electron chi connectivity index (χ2n) is 8.80. The van der Waals surface area contributed by atoms with Crippen LogP contribution in [-0.2, 0) is 38.1 Å². The summed E-state index contributed by atoms with van der Waals surface area (Å²) in [6, 6.07) is 1.04. The number of hydrogen-bond donors (Lipinski definition) is 3. The standard InChI is InChI=1S/C23H25N5O11/c1-10(29)35-7-15-18(38-12(3)31)23(4,34)21(39-15)28-6-13-14(26-22(33)37-9-36-11(2)30)5-16(32)27-19-17(13)20(28)25-8-24-19/h5-6,8,15,18,21,34H,7,9H2,1-4H3,(H,26,33)(H,24,25,27,32)/t15-,18?,21-,23-/m1/s1. The van der Waals surface area contributed by atoms with E-state index in [4.69, 9.17) is 18.9 Å². The van der Waals surface area contributed by atoms with Gasteiger partial charge in [-0.3, -0.25) is 24.5 Å². The Balaban J connectivity index is 1.79. The molecule has 39 heavy (non-hydrogen) atoms. The number of hydrogen-bond acceptors (Lipinski definition) is 14. The lowest BCUT2D eigenvalue weighted by molar-refractivity contribution is -0.163. The van der Waals surface area contributed by atoms with Crippen LogP contribution in [0.1, 0.15) is 33.9 Å². The number of ether oxygens (including phenoxy) is 5. The molecule has 0 saturated carbocycles. The van der Waals surface area contributed by atoms with Crippen LogP contribution in [-0.4, -0.2) is 76.2 Å². The third-order valence-corrected chi connectivity index (χ3v) is 5.81. The Labute approximate surface area is 219 Å². The molecule has 16 nitrogen and oxygen atoms in total. The fourth-order valence-electron chi connectivity index (χ4n) is 4.27. The zero-order valence-electron chi connectivity index (χ0n) is 21.2. The summed E-state index contributed by atoms with van der Waals surface area (Å²) in [6.45, 7) is 3.89. The highest BCUT2D eigenvalue weighted by Crippen LogP contribution is 2.46. The van der Waals surface area contributed by atoms with Crippen molar-refractivity contribution in [2.75, 3.05) is 24.0 Å². The van der Waals surface area contributed by atoms with Gasteiger partial charge in [-0.2, -0.15) is 4.98 Å². The van der Waals surface area contributed by atoms with E-state index >= 15 is 0 Å². The van der Waals surface area contributed by atoms with Crippen molar-refractivity contribution in [2.45, 2.75) is 51.7 Å². The summed E-state index contributed by atoms with van der Waals surface area (Å²) in [7, 11) is 0. The Kier molecular flexibility index (Phi) is 7.51. The third kappa shape index (κ3) is 5.65. The number of esters is 3. The molecule has 3 N–H and O–H groups in total. The highest BCUT2D eigenvalue weighted by Gasteiger charge is 2.56. The summed E-state index contributed by atoms with van der Waals surface area (Å²) >= 11 is 0. The lowest BCUT2D eigenvalue weighted by atomic mass is 9.96. The van der Waals surface area contributed by atoms with E-state index in [2.05, 4.69) is 25.3 Å². The molecule has 0 spiro atoms. The van der Waals surface area contributed by atoms with Crippen molar-refractivity contribution in [3.05, 3.63) is 22.6 Å². The fourth-order valence-corrected chi connectivity index (χ4v) is 4.27. The van der Waals surface area contributed by atoms with Crippen LogP contribution < -0.4 is 16.2 Å². The van der Waals surface area contributed by atoms with E-state index in [-0.39, 0.29) is 34.7 Å². The second-order valence-corrected chi connectivity index (χ2v) is 8.80. The molecule has 16 heteroatoms. The Hall–Kier alpha value is -4.57. The van der Waals surface area contributed by atoms with Crippen LogP contribution in [0.5, 0.6) is 0 Å². The number of carbonyl (C=O) groups is 4. The number of aromatic nitrogens is 2. The first-order valence-corrected chi connectivity index (χ1v) is 11.5. The number of nitrogens with one attached hydrogen (secondary N) is 2. The molecular formula is C23H25N5O11. The Morgan fingerprint density at radius 3 is 2.54 bits per heavy atom. The highest BCUT2D eigenvalue weighted by atomic mass is 16.7. The molecular weight excluding hydrogens is 522 g/mol. The first kappa shape index (κ1) is 27.5. The van der Waals surface area contributed by atoms with E-state index in [9.17, 15) is 29.1 Å². The lowest BCUT2D eigenvalue weighted by Crippen LogP contribution is -2.47. The average Bonchev–Trinajstić information content (AvgIpc) is 3.27. The predicted molar refractivity (Wildman–Crippen MR) is 131 cm³/mol. The Morgan fingerprint density at radius 1 is 1.15 bits per heavy atom. The molecule has 2 aromatic heterocycles. The van der Waals surface area contributed by atoms with Crippen molar-refractivity contribution in [1.29, 1.82) is 0 Å². The molecule has 1 saturated heterocycles. The van der Waals surface area contributed by atoms with Crippen LogP contribution in [0.15, 0.2) is 22.1 Å². The Bertz CT molecular complexity index is 1430. The summed E-state index contributed by atoms with van der Waals surface area (Å²) in [5, 5.41) is 17.2. The fraction of sp³-hybridized carbons (Fsp3) is 0.435. The van der Waals surface area contributed by atoms with Gasteiger partial charge in [0.15, 0.2) is 12.3 Å². The van der Waals surface area contributed by atoms with Gasteiger partial charge < -0.3 is 38.7 Å². The number of nitrogens with zero attached hydrogens (tertiary/aromatic N) is 3. The van der Waals surface area contributed by atoms with Crippen LogP contribution in [0.25, 0.3) is 10.8 Å². The van der Waals surface area contributed by atoms with Gasteiger partial charge in [0.05, 0.1) is 17.4 Å². The first-order valence-electron chi connectivity index (χ1n) is 11.5. The summed E-state index contributed by atoms with van der Waals surface area (Å²) in [6.07, 6.45) is -1.85. The van der Waals surface area contributed by atoms with Crippen molar-refractivity contribution >= 4 is 58.4 Å². The number of rotatable bonds is 7. The van der Waals surface area contributed by atoms with Crippen LogP contribution in [0, 0.1) is 0 Å². The van der Waals surface area contributed by atoms with Gasteiger partial charge in [0.25, 0.3) is 5.56 Å². The molecule has 2 aromatic rings. The van der Waals surface area contributed by atoms with Crippen molar-refractivity contribution in [2.24, 2.45) is 4.99 Å². The summed E-state index contributed by atoms with van der Waals surface area (Å²) in [5.41, 5.74) is -2.61. The van der Waals surface area contributed by atoms with Crippen LogP contribution in [0.2, 0.25) is 0 Å². The molecule has 1 amide bonds. The van der Waals surface area contributed by atoms with Gasteiger partial charge in [-0.15, -0.1) is 0 Å². The van der Waals surface area contributed by atoms with E-state index < -0.39 is 60.4 Å². The first-order chi connectivity index (χ1) is 18.4. The van der Waals surface area contributed by atoms with Gasteiger partial charge in [0.1, 0.15) is 29.9 Å². The molecule has 0 bridgehead atoms. The summed E-state index contributed by atoms with van der Waals surface area (Å²) in [5.74, 6) is -1.68. The smallest absolute Gasteiger partial charge is 0.414 e. The van der Waals surface area contributed by atoms with Crippen molar-refractivity contribution in [3.63, 3.8) is 0 Å². The second kappa shape index (κ2) is 10.7. The van der Waals surface area contributed by atoms with Crippen molar-refractivity contribution in [3.8, 4) is 0 Å². The van der Waals surface area contributed by atoms with E-state index in [0.717, 1.165) is 19.9 Å². The maximum Gasteiger partial charge on any atom is 0.414 e. The maximum atomic E-state index is 12.4. The van der Waals surface area contributed by atoms with E-state index in [1.54, 1.807) is 0 Å². The number of carbonyl (C=O) groups excluding carboxylic acids is 4. The average molecular weight is 547 g/mol. The molecule has 4 atom stereocenters. The lowest BCUT2D eigenvalue weighted by Gasteiger charge is -2.30. The van der Waals surface area contributed by atoms with Gasteiger partial charge in [-0.25, -0.2) is 9.79 Å². The molecule has 0 aromatic carbocycles. The summed E-state index contributed by atoms with van der Waals surface area (Å²) < 4.78 is 27.2. The molecule has 1 unspecified atom stereocenters. The van der Waals surface area contributed by atoms with E-state index in [0.29, 0.717) is 0 Å². The summed E-state index contributed by atoms with van der Waals surface area (Å²) in [4.78, 5) is 67.2. The molecule has 2 aliphatic rings. The van der Waals surface area contributed by atoms with Crippen molar-refractivity contribution in [1.82, 2.24) is 9.55 Å². The maximum absolute atomic E-state index is 12.4. The van der Waals surface area contributed by atoms with Crippen LogP contribution in [0.4, 0.5) is 22.1 Å². The molecule has 4 rings (SSSR count). The number of aliphatic hydroxyl groups is 1. The number of aliphatic imine (C=N–C) groups is 1. The zero-order chi connectivity index (χ0) is 28.5. The highest BCUT2D eigenvalue weighted by molar-refractivity contribution is 6.12. The minimum Gasteiger partial charge on any atom is -0.463 e. The minimum atomic E-state index is -1.86. The monoisotopic (exact) mass is 547 g/mol. The van der Waals surface area contributed by atoms with E-state index in [1.807, 2.05) is 0 Å². The van der Waals surface area contributed by atoms with Gasteiger partial charge in [-0.1, -0.05) is 0 Å². The predicted octanol–water partition coefficient (Wildman–Crippen LogP) is 0.694. The number of amides is 1. The van der Waals surface area contributed by atoms with Gasteiger partial charge in [0.2, 0.25) is 6.79 Å². The third-order valence-electron chi connectivity index (χ3n) is 5.81. The zero-order valence-corrected chi connectivity index (χ0v) is 21.2. The van der Waals surface area contributed by atoms with Gasteiger partial charge in [0, 0.05) is 38.4 Å². The van der Waals surface area contributed by atoms with Crippen LogP contribution in [0.3, 0.4) is 0 Å². The van der Waals surface area contributed by atoms with Crippen molar-refractivity contribution < 1.29 is 48.0 Å². The topological polar surface area (TPSA) is 206 Å². The molecule has 4 heterocycles. The molecule has 2 aliphatic heterocycles. The van der Waals surface area contributed by atoms with E-state index in [1.165, 1.54) is 30.9 Å².